The number of carboxylic acid groups (broad SMARTS) is 1. The summed E-state index contributed by atoms with van der Waals surface area (Å²) in [6.45, 7) is 0. The van der Waals surface area contributed by atoms with Gasteiger partial charge < -0.3 is 14.8 Å². The quantitative estimate of drug-likeness (QED) is 0.568. The number of carbonyl (C=O) groups excluding carboxylic acids is 1. The Kier molecular flexibility index (Phi) is 3.16. The number of hydrogen-bond acceptors (Lipinski definition) is 3. The number of carbonyl (C=O) groups is 2. The van der Waals surface area contributed by atoms with E-state index in [1.54, 1.807) is 18.2 Å². The highest BCUT2D eigenvalue weighted by Gasteiger charge is 2.19. The second-order valence-electron chi connectivity index (χ2n) is 4.46. The van der Waals surface area contributed by atoms with Crippen molar-refractivity contribution >= 4 is 22.7 Å². The summed E-state index contributed by atoms with van der Waals surface area (Å²) in [7, 11) is 0. The molecule has 1 aromatic heterocycles. The SMILES string of the molecule is O=C(O)C(=O)c1c[nH]c2ccc(Oc3ccccc3)cc12. The Bertz CT molecular complexity index is 821. The molecule has 3 aromatic rings. The van der Waals surface area contributed by atoms with Crippen LogP contribution in [0.2, 0.25) is 0 Å². The fourth-order valence-electron chi connectivity index (χ4n) is 2.09. The molecular formula is C16H11NO4. The molecule has 0 fully saturated rings. The Morgan fingerprint density at radius 1 is 1.00 bits per heavy atom. The summed E-state index contributed by atoms with van der Waals surface area (Å²) in [5, 5.41) is 9.35. The van der Waals surface area contributed by atoms with Crippen LogP contribution in [0.1, 0.15) is 10.4 Å². The Hall–Kier alpha value is -3.08. The van der Waals surface area contributed by atoms with Crippen molar-refractivity contribution < 1.29 is 19.4 Å². The molecular weight excluding hydrogens is 270 g/mol. The van der Waals surface area contributed by atoms with Crippen LogP contribution < -0.4 is 4.74 Å². The number of aliphatic carboxylic acids is 1. The number of aromatic nitrogens is 1. The van der Waals surface area contributed by atoms with Crippen molar-refractivity contribution in [2.75, 3.05) is 0 Å². The number of rotatable bonds is 4. The van der Waals surface area contributed by atoms with Crippen molar-refractivity contribution in [1.82, 2.24) is 4.98 Å². The van der Waals surface area contributed by atoms with E-state index in [0.717, 1.165) is 0 Å². The molecule has 0 radical (unpaired) electrons. The first-order valence-corrected chi connectivity index (χ1v) is 6.27. The average Bonchev–Trinajstić information content (AvgIpc) is 2.90. The van der Waals surface area contributed by atoms with E-state index in [9.17, 15) is 9.59 Å². The van der Waals surface area contributed by atoms with Crippen LogP contribution in [-0.4, -0.2) is 21.8 Å². The normalized spacial score (nSPS) is 10.5. The summed E-state index contributed by atoms with van der Waals surface area (Å²) in [5.41, 5.74) is 0.802. The van der Waals surface area contributed by atoms with Gasteiger partial charge in [-0.1, -0.05) is 18.2 Å². The Morgan fingerprint density at radius 2 is 1.76 bits per heavy atom. The molecule has 1 heterocycles. The summed E-state index contributed by atoms with van der Waals surface area (Å²) in [5.74, 6) is -1.23. The molecule has 0 saturated carbocycles. The zero-order chi connectivity index (χ0) is 14.8. The predicted octanol–water partition coefficient (Wildman–Crippen LogP) is 3.23. The summed E-state index contributed by atoms with van der Waals surface area (Å²) >= 11 is 0. The monoisotopic (exact) mass is 281 g/mol. The molecule has 104 valence electrons. The number of Topliss-reactive ketones (excluding diaryl/α,β-unsaturated/α-hetero) is 1. The van der Waals surface area contributed by atoms with Crippen LogP contribution in [0.25, 0.3) is 10.9 Å². The maximum absolute atomic E-state index is 11.6. The zero-order valence-corrected chi connectivity index (χ0v) is 10.9. The highest BCUT2D eigenvalue weighted by Crippen LogP contribution is 2.27. The van der Waals surface area contributed by atoms with Crippen molar-refractivity contribution in [3.63, 3.8) is 0 Å². The minimum atomic E-state index is -1.48. The number of hydrogen-bond donors (Lipinski definition) is 2. The maximum atomic E-state index is 11.6. The van der Waals surface area contributed by atoms with Crippen molar-refractivity contribution in [3.05, 3.63) is 60.3 Å². The van der Waals surface area contributed by atoms with Gasteiger partial charge in [0.1, 0.15) is 11.5 Å². The van der Waals surface area contributed by atoms with Gasteiger partial charge in [-0.3, -0.25) is 4.79 Å². The van der Waals surface area contributed by atoms with E-state index in [1.807, 2.05) is 30.3 Å². The molecule has 0 saturated heterocycles. The summed E-state index contributed by atoms with van der Waals surface area (Å²) < 4.78 is 5.68. The number of para-hydroxylation sites is 1. The summed E-state index contributed by atoms with van der Waals surface area (Å²) in [4.78, 5) is 25.3. The van der Waals surface area contributed by atoms with Gasteiger partial charge in [-0.2, -0.15) is 0 Å². The molecule has 0 spiro atoms. The fraction of sp³-hybridized carbons (Fsp3) is 0. The number of ketones is 1. The highest BCUT2D eigenvalue weighted by atomic mass is 16.5. The lowest BCUT2D eigenvalue weighted by Crippen LogP contribution is -2.11. The summed E-state index contributed by atoms with van der Waals surface area (Å²) in [6.07, 6.45) is 1.40. The second-order valence-corrected chi connectivity index (χ2v) is 4.46. The lowest BCUT2D eigenvalue weighted by Gasteiger charge is -2.05. The van der Waals surface area contributed by atoms with Gasteiger partial charge in [-0.05, 0) is 30.3 Å². The van der Waals surface area contributed by atoms with Crippen LogP contribution in [-0.2, 0) is 4.79 Å². The first-order chi connectivity index (χ1) is 10.1. The molecule has 0 aliphatic heterocycles. The smallest absolute Gasteiger partial charge is 0.377 e. The Labute approximate surface area is 119 Å². The molecule has 2 aromatic carbocycles. The van der Waals surface area contributed by atoms with Gasteiger partial charge >= 0.3 is 5.97 Å². The fourth-order valence-corrected chi connectivity index (χ4v) is 2.09. The minimum absolute atomic E-state index is 0.121. The summed E-state index contributed by atoms with van der Waals surface area (Å²) in [6, 6.07) is 14.3. The standard InChI is InChI=1S/C16H11NO4/c18-15(16(19)20)13-9-17-14-7-6-11(8-12(13)14)21-10-4-2-1-3-5-10/h1-9,17H,(H,19,20). The van der Waals surface area contributed by atoms with Gasteiger partial charge in [0.25, 0.3) is 5.78 Å². The molecule has 21 heavy (non-hydrogen) atoms. The van der Waals surface area contributed by atoms with E-state index in [0.29, 0.717) is 22.4 Å². The molecule has 0 bridgehead atoms. The number of ether oxygens (including phenoxy) is 1. The number of benzene rings is 2. The van der Waals surface area contributed by atoms with Crippen molar-refractivity contribution in [1.29, 1.82) is 0 Å². The van der Waals surface area contributed by atoms with Crippen LogP contribution in [0.5, 0.6) is 11.5 Å². The molecule has 0 unspecified atom stereocenters. The molecule has 3 rings (SSSR count). The topological polar surface area (TPSA) is 79.4 Å². The molecule has 0 aliphatic rings. The van der Waals surface area contributed by atoms with E-state index in [-0.39, 0.29) is 5.56 Å². The van der Waals surface area contributed by atoms with Crippen molar-refractivity contribution in [2.24, 2.45) is 0 Å². The van der Waals surface area contributed by atoms with E-state index in [2.05, 4.69) is 4.98 Å². The first kappa shape index (κ1) is 12.9. The number of nitrogens with one attached hydrogen (secondary N) is 1. The van der Waals surface area contributed by atoms with Crippen molar-refractivity contribution in [2.45, 2.75) is 0 Å². The van der Waals surface area contributed by atoms with Gasteiger partial charge in [0.2, 0.25) is 0 Å². The number of fused-ring (bicyclic) bond motifs is 1. The van der Waals surface area contributed by atoms with E-state index in [1.165, 1.54) is 6.20 Å². The van der Waals surface area contributed by atoms with E-state index in [4.69, 9.17) is 9.84 Å². The third-order valence-corrected chi connectivity index (χ3v) is 3.07. The van der Waals surface area contributed by atoms with Gasteiger partial charge in [0.15, 0.2) is 0 Å². The van der Waals surface area contributed by atoms with Gasteiger partial charge in [0, 0.05) is 17.1 Å². The predicted molar refractivity (Wildman–Crippen MR) is 76.8 cm³/mol. The third-order valence-electron chi connectivity index (χ3n) is 3.07. The van der Waals surface area contributed by atoms with Crippen LogP contribution in [0.15, 0.2) is 54.7 Å². The number of carboxylic acids is 1. The van der Waals surface area contributed by atoms with Crippen molar-refractivity contribution in [3.8, 4) is 11.5 Å². The largest absolute Gasteiger partial charge is 0.475 e. The second kappa shape index (κ2) is 5.13. The van der Waals surface area contributed by atoms with E-state index >= 15 is 0 Å². The third kappa shape index (κ3) is 2.49. The maximum Gasteiger partial charge on any atom is 0.377 e. The zero-order valence-electron chi connectivity index (χ0n) is 10.9. The average molecular weight is 281 g/mol. The molecule has 0 atom stereocenters. The highest BCUT2D eigenvalue weighted by molar-refractivity contribution is 6.42. The molecule has 0 amide bonds. The van der Waals surface area contributed by atoms with Gasteiger partial charge in [-0.25, -0.2) is 4.79 Å². The molecule has 5 nitrogen and oxygen atoms in total. The first-order valence-electron chi connectivity index (χ1n) is 6.27. The van der Waals surface area contributed by atoms with Gasteiger partial charge in [-0.15, -0.1) is 0 Å². The minimum Gasteiger partial charge on any atom is -0.475 e. The lowest BCUT2D eigenvalue weighted by atomic mass is 10.1. The van der Waals surface area contributed by atoms with Crippen LogP contribution in [0.3, 0.4) is 0 Å². The lowest BCUT2D eigenvalue weighted by molar-refractivity contribution is -0.131. The molecule has 2 N–H and O–H groups in total. The number of aromatic amines is 1. The van der Waals surface area contributed by atoms with Crippen LogP contribution in [0.4, 0.5) is 0 Å². The van der Waals surface area contributed by atoms with E-state index < -0.39 is 11.8 Å². The number of H-pyrrole nitrogens is 1. The molecule has 0 aliphatic carbocycles. The van der Waals surface area contributed by atoms with Gasteiger partial charge in [0.05, 0.1) is 5.56 Å². The van der Waals surface area contributed by atoms with Crippen LogP contribution >= 0.6 is 0 Å². The Morgan fingerprint density at radius 3 is 2.48 bits per heavy atom. The Balaban J connectivity index is 2.01. The molecule has 5 heteroatoms. The van der Waals surface area contributed by atoms with Crippen LogP contribution in [0, 0.1) is 0 Å².